The van der Waals surface area contributed by atoms with Crippen LogP contribution in [0.2, 0.25) is 0 Å². The van der Waals surface area contributed by atoms with Crippen LogP contribution in [0.15, 0.2) is 65.6 Å². The highest BCUT2D eigenvalue weighted by molar-refractivity contribution is 7.93. The highest BCUT2D eigenvalue weighted by atomic mass is 32.2. The van der Waals surface area contributed by atoms with Gasteiger partial charge in [0.1, 0.15) is 27.9 Å². The van der Waals surface area contributed by atoms with E-state index in [1.807, 2.05) is 13.8 Å². The average Bonchev–Trinajstić information content (AvgIpc) is 3.38. The number of ether oxygens (including phenoxy) is 5. The van der Waals surface area contributed by atoms with Gasteiger partial charge in [-0.05, 0) is 70.1 Å². The van der Waals surface area contributed by atoms with Crippen molar-refractivity contribution in [1.82, 2.24) is 14.7 Å². The maximum atomic E-state index is 15.2. The van der Waals surface area contributed by atoms with Gasteiger partial charge in [-0.15, -0.1) is 0 Å². The molecule has 2 amide bonds. The third-order valence-electron chi connectivity index (χ3n) is 9.82. The van der Waals surface area contributed by atoms with E-state index in [0.29, 0.717) is 34.9 Å². The number of hydrogen-bond acceptors (Lipinski definition) is 11. The van der Waals surface area contributed by atoms with Gasteiger partial charge in [0.2, 0.25) is 5.60 Å². The molecule has 3 heterocycles. The van der Waals surface area contributed by atoms with Crippen molar-refractivity contribution < 1.29 is 41.7 Å². The van der Waals surface area contributed by atoms with Crippen molar-refractivity contribution in [3.8, 4) is 23.0 Å². The Labute approximate surface area is 299 Å². The first-order valence-corrected chi connectivity index (χ1v) is 18.6. The predicted molar refractivity (Wildman–Crippen MR) is 190 cm³/mol. The van der Waals surface area contributed by atoms with Gasteiger partial charge in [0, 0.05) is 56.9 Å². The molecule has 2 saturated heterocycles. The van der Waals surface area contributed by atoms with Gasteiger partial charge in [-0.3, -0.25) is 9.69 Å². The molecule has 0 aliphatic carbocycles. The van der Waals surface area contributed by atoms with Gasteiger partial charge in [0.25, 0.3) is 15.9 Å². The fraction of sp³-hybridized carbons (Fsp3) is 0.459. The van der Waals surface area contributed by atoms with E-state index in [4.69, 9.17) is 23.7 Å². The van der Waals surface area contributed by atoms with Gasteiger partial charge in [-0.25, -0.2) is 13.2 Å². The maximum absolute atomic E-state index is 15.2. The number of likely N-dealkylation sites (tertiary alicyclic amines) is 1. The van der Waals surface area contributed by atoms with Crippen LogP contribution in [0.1, 0.15) is 37.8 Å². The molecule has 1 unspecified atom stereocenters. The number of amides is 2. The van der Waals surface area contributed by atoms with Crippen LogP contribution in [0.5, 0.6) is 23.0 Å². The number of sulfonamides is 1. The van der Waals surface area contributed by atoms with Gasteiger partial charge >= 0.3 is 6.09 Å². The molecule has 0 aromatic heterocycles. The molecule has 14 heteroatoms. The number of carbonyl (C=O) groups excluding carboxylic acids is 2. The van der Waals surface area contributed by atoms with Gasteiger partial charge in [-0.1, -0.05) is 18.2 Å². The lowest BCUT2D eigenvalue weighted by molar-refractivity contribution is -0.132. The first-order valence-electron chi connectivity index (χ1n) is 17.1. The smallest absolute Gasteiger partial charge is 0.411 e. The Morgan fingerprint density at radius 1 is 0.804 bits per heavy atom. The SMILES string of the molecule is COc1ccc(S(=O)(=O)N2C(=O)C(OC(=O)N3CCC(N4CCN(C)CC4)CC3)(c3ccccc3OC(C)C)c3cc(OC)ccc32)c(OC)c1. The van der Waals surface area contributed by atoms with E-state index < -0.39 is 27.6 Å². The van der Waals surface area contributed by atoms with Crippen LogP contribution in [-0.4, -0.2) is 115 Å². The highest BCUT2D eigenvalue weighted by Crippen LogP contribution is 2.53. The molecule has 13 nitrogen and oxygen atoms in total. The van der Waals surface area contributed by atoms with Gasteiger partial charge in [-0.2, -0.15) is 4.31 Å². The van der Waals surface area contributed by atoms with Gasteiger partial charge in [0.05, 0.1) is 38.7 Å². The lowest BCUT2D eigenvalue weighted by Crippen LogP contribution is -2.54. The number of anilines is 1. The standard InChI is InChI=1S/C37H46N4O9S/c1-25(2)49-32-10-8-7-9-29(32)37(50-36(43)40-17-15-26(16-18-40)39-21-19-38(3)20-22-39)30-23-27(46-4)11-13-31(30)41(35(37)42)51(44,45)34-14-12-28(47-5)24-33(34)48-6/h7-14,23-26H,15-22H2,1-6H3. The monoisotopic (exact) mass is 722 g/mol. The quantitative estimate of drug-likeness (QED) is 0.297. The highest BCUT2D eigenvalue weighted by Gasteiger charge is 2.61. The second-order valence-corrected chi connectivity index (χ2v) is 15.0. The van der Waals surface area contributed by atoms with Crippen molar-refractivity contribution in [2.45, 2.75) is 49.3 Å². The zero-order valence-electron chi connectivity index (χ0n) is 30.0. The Bertz CT molecular complexity index is 1870. The van der Waals surface area contributed by atoms with Crippen LogP contribution in [0.3, 0.4) is 0 Å². The molecule has 3 aliphatic heterocycles. The molecule has 1 atom stereocenters. The minimum Gasteiger partial charge on any atom is -0.497 e. The zero-order valence-corrected chi connectivity index (χ0v) is 30.8. The molecule has 0 N–H and O–H groups in total. The third kappa shape index (κ3) is 6.67. The van der Waals surface area contributed by atoms with E-state index in [1.165, 1.54) is 51.7 Å². The molecule has 0 saturated carbocycles. The van der Waals surface area contributed by atoms with Crippen LogP contribution in [0.25, 0.3) is 0 Å². The molecule has 0 spiro atoms. The lowest BCUT2D eigenvalue weighted by Gasteiger charge is -2.42. The number of hydrogen-bond donors (Lipinski definition) is 0. The Morgan fingerprint density at radius 2 is 1.45 bits per heavy atom. The number of methoxy groups -OCH3 is 3. The fourth-order valence-electron chi connectivity index (χ4n) is 7.12. The van der Waals surface area contributed by atoms with E-state index in [2.05, 4.69) is 16.8 Å². The summed E-state index contributed by atoms with van der Waals surface area (Å²) in [4.78, 5) is 35.7. The van der Waals surface area contributed by atoms with E-state index in [0.717, 1.165) is 39.0 Å². The second-order valence-electron chi connectivity index (χ2n) is 13.2. The Balaban J connectivity index is 1.46. The van der Waals surface area contributed by atoms with Crippen LogP contribution in [0.4, 0.5) is 10.5 Å². The summed E-state index contributed by atoms with van der Waals surface area (Å²) in [6, 6.07) is 15.8. The summed E-state index contributed by atoms with van der Waals surface area (Å²) in [7, 11) is 1.68. The molecule has 6 rings (SSSR count). The molecule has 274 valence electrons. The van der Waals surface area contributed by atoms with Crippen LogP contribution in [0, 0.1) is 0 Å². The van der Waals surface area contributed by atoms with Crippen molar-refractivity contribution in [1.29, 1.82) is 0 Å². The number of benzene rings is 3. The van der Waals surface area contributed by atoms with Crippen molar-refractivity contribution in [2.75, 3.05) is 72.0 Å². The van der Waals surface area contributed by atoms with Crippen molar-refractivity contribution in [3.05, 3.63) is 71.8 Å². The van der Waals surface area contributed by atoms with E-state index in [9.17, 15) is 13.2 Å². The average molecular weight is 723 g/mol. The van der Waals surface area contributed by atoms with Crippen LogP contribution >= 0.6 is 0 Å². The Kier molecular flexibility index (Phi) is 10.4. The molecule has 0 radical (unpaired) electrons. The van der Waals surface area contributed by atoms with E-state index >= 15 is 4.79 Å². The molecular formula is C37H46N4O9S. The molecule has 3 aromatic rings. The number of piperazine rings is 1. The summed E-state index contributed by atoms with van der Waals surface area (Å²) >= 11 is 0. The largest absolute Gasteiger partial charge is 0.497 e. The van der Waals surface area contributed by atoms with E-state index in [1.54, 1.807) is 35.2 Å². The second kappa shape index (κ2) is 14.6. The number of nitrogens with zero attached hydrogens (tertiary/aromatic N) is 4. The van der Waals surface area contributed by atoms with Crippen molar-refractivity contribution in [3.63, 3.8) is 0 Å². The number of likely N-dealkylation sites (N-methyl/N-ethyl adjacent to an activating group) is 1. The van der Waals surface area contributed by atoms with Crippen molar-refractivity contribution >= 4 is 27.7 Å². The van der Waals surface area contributed by atoms with Gasteiger partial charge in [0.15, 0.2) is 0 Å². The summed E-state index contributed by atoms with van der Waals surface area (Å²) in [5, 5.41) is 0. The summed E-state index contributed by atoms with van der Waals surface area (Å²) in [6.45, 7) is 8.43. The molecular weight excluding hydrogens is 676 g/mol. The number of para-hydroxylation sites is 1. The molecule has 3 aromatic carbocycles. The molecule has 51 heavy (non-hydrogen) atoms. The van der Waals surface area contributed by atoms with Crippen LogP contribution in [-0.2, 0) is 25.2 Å². The van der Waals surface area contributed by atoms with E-state index in [-0.39, 0.29) is 39.3 Å². The minimum absolute atomic E-state index is 0.000374. The fourth-order valence-corrected chi connectivity index (χ4v) is 8.72. The van der Waals surface area contributed by atoms with Crippen LogP contribution < -0.4 is 23.3 Å². The first kappa shape index (κ1) is 36.3. The zero-order chi connectivity index (χ0) is 36.5. The van der Waals surface area contributed by atoms with Crippen molar-refractivity contribution in [2.24, 2.45) is 0 Å². The maximum Gasteiger partial charge on any atom is 0.411 e. The Morgan fingerprint density at radius 3 is 2.10 bits per heavy atom. The number of fused-ring (bicyclic) bond motifs is 1. The third-order valence-corrected chi connectivity index (χ3v) is 11.6. The summed E-state index contributed by atoms with van der Waals surface area (Å²) < 4.78 is 59.0. The minimum atomic E-state index is -4.68. The molecule has 2 fully saturated rings. The first-order chi connectivity index (χ1) is 24.4. The topological polar surface area (TPSA) is 127 Å². The summed E-state index contributed by atoms with van der Waals surface area (Å²) in [6.07, 6.45) is 0.427. The summed E-state index contributed by atoms with van der Waals surface area (Å²) in [5.41, 5.74) is -1.98. The van der Waals surface area contributed by atoms with Gasteiger partial charge < -0.3 is 33.5 Å². The number of carbonyl (C=O) groups is 2. The Hall–Kier alpha value is -4.53. The molecule has 3 aliphatic rings. The lowest BCUT2D eigenvalue weighted by atomic mass is 9.86. The molecule has 0 bridgehead atoms. The number of rotatable bonds is 10. The predicted octanol–water partition coefficient (Wildman–Crippen LogP) is 4.33. The number of piperidine rings is 1. The normalized spacial score (nSPS) is 20.3. The summed E-state index contributed by atoms with van der Waals surface area (Å²) in [5.74, 6) is -0.0818.